The van der Waals surface area contributed by atoms with Gasteiger partial charge in [0.2, 0.25) is 0 Å². The zero-order chi connectivity index (χ0) is 12.9. The summed E-state index contributed by atoms with van der Waals surface area (Å²) in [6.45, 7) is 6.59. The lowest BCUT2D eigenvalue weighted by molar-refractivity contribution is -0.120. The maximum Gasteiger partial charge on any atom is 0.250 e. The minimum atomic E-state index is -0.337. The van der Waals surface area contributed by atoms with Crippen LogP contribution in [0.3, 0.4) is 0 Å². The average molecular weight is 241 g/mol. The molecule has 1 aliphatic rings. The van der Waals surface area contributed by atoms with Crippen LogP contribution in [0.25, 0.3) is 0 Å². The summed E-state index contributed by atoms with van der Waals surface area (Å²) in [5.74, 6) is 0.677. The normalized spacial score (nSPS) is 19.5. The molecule has 1 aliphatic heterocycles. The van der Waals surface area contributed by atoms with Crippen LogP contribution < -0.4 is 5.32 Å². The third-order valence-corrected chi connectivity index (χ3v) is 3.45. The molecule has 2 N–H and O–H groups in total. The SMILES string of the molecule is CCC(C)(CCO)NC(=O)C1=C(C)OCCC1. The number of hydrogen-bond acceptors (Lipinski definition) is 3. The number of carbonyl (C=O) groups is 1. The van der Waals surface area contributed by atoms with Gasteiger partial charge in [-0.3, -0.25) is 4.79 Å². The second-order valence-corrected chi connectivity index (χ2v) is 4.83. The number of hydrogen-bond donors (Lipinski definition) is 2. The van der Waals surface area contributed by atoms with E-state index in [1.54, 1.807) is 0 Å². The lowest BCUT2D eigenvalue weighted by Crippen LogP contribution is -2.47. The van der Waals surface area contributed by atoms with E-state index in [1.807, 2.05) is 20.8 Å². The molecule has 0 spiro atoms. The number of aliphatic hydroxyl groups is 1. The molecule has 0 fully saturated rings. The lowest BCUT2D eigenvalue weighted by Gasteiger charge is -2.30. The van der Waals surface area contributed by atoms with Crippen molar-refractivity contribution in [1.29, 1.82) is 0 Å². The highest BCUT2D eigenvalue weighted by atomic mass is 16.5. The molecule has 1 amide bonds. The Hall–Kier alpha value is -1.03. The predicted octanol–water partition coefficient (Wildman–Crippen LogP) is 1.74. The Morgan fingerprint density at radius 3 is 2.82 bits per heavy atom. The molecule has 1 rings (SSSR count). The van der Waals surface area contributed by atoms with Gasteiger partial charge in [-0.1, -0.05) is 6.92 Å². The summed E-state index contributed by atoms with van der Waals surface area (Å²) in [5.41, 5.74) is 0.408. The summed E-state index contributed by atoms with van der Waals surface area (Å²) in [6, 6.07) is 0. The summed E-state index contributed by atoms with van der Waals surface area (Å²) in [5, 5.41) is 12.0. The topological polar surface area (TPSA) is 58.6 Å². The van der Waals surface area contributed by atoms with Crippen LogP contribution in [0.2, 0.25) is 0 Å². The summed E-state index contributed by atoms with van der Waals surface area (Å²) in [6.07, 6.45) is 3.04. The van der Waals surface area contributed by atoms with Crippen molar-refractivity contribution in [3.05, 3.63) is 11.3 Å². The van der Waals surface area contributed by atoms with Crippen molar-refractivity contribution in [2.75, 3.05) is 13.2 Å². The fourth-order valence-corrected chi connectivity index (χ4v) is 1.93. The number of carbonyl (C=O) groups excluding carboxylic acids is 1. The number of aliphatic hydroxyl groups excluding tert-OH is 1. The van der Waals surface area contributed by atoms with Gasteiger partial charge in [-0.15, -0.1) is 0 Å². The van der Waals surface area contributed by atoms with Crippen molar-refractivity contribution in [3.8, 4) is 0 Å². The first-order chi connectivity index (χ1) is 8.02. The summed E-state index contributed by atoms with van der Waals surface area (Å²) < 4.78 is 5.39. The second kappa shape index (κ2) is 6.05. The molecule has 1 atom stereocenters. The first-order valence-electron chi connectivity index (χ1n) is 6.28. The average Bonchev–Trinajstić information content (AvgIpc) is 2.29. The minimum Gasteiger partial charge on any atom is -0.498 e. The quantitative estimate of drug-likeness (QED) is 0.770. The molecule has 0 aromatic carbocycles. The maximum atomic E-state index is 12.1. The van der Waals surface area contributed by atoms with Gasteiger partial charge in [0, 0.05) is 12.1 Å². The molecule has 4 nitrogen and oxygen atoms in total. The number of rotatable bonds is 5. The van der Waals surface area contributed by atoms with E-state index < -0.39 is 0 Å². The monoisotopic (exact) mass is 241 g/mol. The third-order valence-electron chi connectivity index (χ3n) is 3.45. The van der Waals surface area contributed by atoms with E-state index in [0.717, 1.165) is 30.6 Å². The Labute approximate surface area is 103 Å². The highest BCUT2D eigenvalue weighted by Gasteiger charge is 2.27. The van der Waals surface area contributed by atoms with Crippen LogP contribution in [0.1, 0.15) is 46.5 Å². The van der Waals surface area contributed by atoms with Crippen LogP contribution >= 0.6 is 0 Å². The Kier molecular flexibility index (Phi) is 5.00. The molecule has 0 aromatic heterocycles. The van der Waals surface area contributed by atoms with E-state index in [9.17, 15) is 4.79 Å². The zero-order valence-corrected chi connectivity index (χ0v) is 11.0. The highest BCUT2D eigenvalue weighted by Crippen LogP contribution is 2.21. The van der Waals surface area contributed by atoms with E-state index in [-0.39, 0.29) is 18.1 Å². The first-order valence-corrected chi connectivity index (χ1v) is 6.28. The molecule has 0 saturated heterocycles. The summed E-state index contributed by atoms with van der Waals surface area (Å²) in [4.78, 5) is 12.1. The molecule has 1 unspecified atom stereocenters. The maximum absolute atomic E-state index is 12.1. The van der Waals surface area contributed by atoms with E-state index in [2.05, 4.69) is 5.32 Å². The van der Waals surface area contributed by atoms with Crippen molar-refractivity contribution < 1.29 is 14.6 Å². The zero-order valence-electron chi connectivity index (χ0n) is 11.0. The van der Waals surface area contributed by atoms with Crippen LogP contribution in [0.15, 0.2) is 11.3 Å². The van der Waals surface area contributed by atoms with Crippen molar-refractivity contribution in [3.63, 3.8) is 0 Å². The fourth-order valence-electron chi connectivity index (χ4n) is 1.93. The van der Waals surface area contributed by atoms with Crippen LogP contribution in [0.5, 0.6) is 0 Å². The fraction of sp³-hybridized carbons (Fsp3) is 0.769. The highest BCUT2D eigenvalue weighted by molar-refractivity contribution is 5.94. The molecular formula is C13H23NO3. The lowest BCUT2D eigenvalue weighted by atomic mass is 9.93. The number of nitrogens with one attached hydrogen (secondary N) is 1. The van der Waals surface area contributed by atoms with Gasteiger partial charge in [0.25, 0.3) is 5.91 Å². The summed E-state index contributed by atoms with van der Waals surface area (Å²) in [7, 11) is 0. The van der Waals surface area contributed by atoms with Crippen molar-refractivity contribution in [1.82, 2.24) is 5.32 Å². The minimum absolute atomic E-state index is 0.0556. The van der Waals surface area contributed by atoms with Gasteiger partial charge in [0.15, 0.2) is 0 Å². The van der Waals surface area contributed by atoms with E-state index in [1.165, 1.54) is 0 Å². The van der Waals surface area contributed by atoms with Crippen LogP contribution in [-0.2, 0) is 9.53 Å². The van der Waals surface area contributed by atoms with Gasteiger partial charge < -0.3 is 15.2 Å². The van der Waals surface area contributed by atoms with E-state index >= 15 is 0 Å². The standard InChI is InChI=1S/C13H23NO3/c1-4-13(3,7-8-15)14-12(16)11-6-5-9-17-10(11)2/h15H,4-9H2,1-3H3,(H,14,16). The van der Waals surface area contributed by atoms with E-state index in [4.69, 9.17) is 9.84 Å². The van der Waals surface area contributed by atoms with Crippen LogP contribution in [0.4, 0.5) is 0 Å². The number of amides is 1. The molecule has 0 aliphatic carbocycles. The molecule has 0 radical (unpaired) electrons. The van der Waals surface area contributed by atoms with Crippen molar-refractivity contribution in [2.45, 2.75) is 52.0 Å². The third kappa shape index (κ3) is 3.73. The Morgan fingerprint density at radius 1 is 1.59 bits per heavy atom. The van der Waals surface area contributed by atoms with E-state index in [0.29, 0.717) is 13.0 Å². The molecular weight excluding hydrogens is 218 g/mol. The van der Waals surface area contributed by atoms with Gasteiger partial charge in [0.1, 0.15) is 5.76 Å². The van der Waals surface area contributed by atoms with Gasteiger partial charge >= 0.3 is 0 Å². The molecule has 98 valence electrons. The molecule has 4 heteroatoms. The van der Waals surface area contributed by atoms with Crippen LogP contribution in [0, 0.1) is 0 Å². The Bertz CT molecular complexity index is 312. The van der Waals surface area contributed by atoms with Gasteiger partial charge in [-0.2, -0.15) is 0 Å². The molecule has 0 saturated carbocycles. The number of ether oxygens (including phenoxy) is 1. The molecule has 1 heterocycles. The van der Waals surface area contributed by atoms with Gasteiger partial charge in [-0.25, -0.2) is 0 Å². The Morgan fingerprint density at radius 2 is 2.29 bits per heavy atom. The molecule has 0 aromatic rings. The van der Waals surface area contributed by atoms with Crippen molar-refractivity contribution >= 4 is 5.91 Å². The number of allylic oxidation sites excluding steroid dienone is 1. The van der Waals surface area contributed by atoms with Crippen LogP contribution in [-0.4, -0.2) is 29.8 Å². The first kappa shape index (κ1) is 14.0. The predicted molar refractivity (Wildman–Crippen MR) is 66.4 cm³/mol. The largest absolute Gasteiger partial charge is 0.498 e. The molecule has 0 bridgehead atoms. The van der Waals surface area contributed by atoms with Gasteiger partial charge in [-0.05, 0) is 39.5 Å². The molecule has 17 heavy (non-hydrogen) atoms. The Balaban J connectivity index is 2.70. The van der Waals surface area contributed by atoms with Gasteiger partial charge in [0.05, 0.1) is 12.2 Å². The second-order valence-electron chi connectivity index (χ2n) is 4.83. The smallest absolute Gasteiger partial charge is 0.250 e. The summed E-state index contributed by atoms with van der Waals surface area (Å²) >= 11 is 0. The van der Waals surface area contributed by atoms with Crippen molar-refractivity contribution in [2.24, 2.45) is 0 Å².